The summed E-state index contributed by atoms with van der Waals surface area (Å²) in [5.74, 6) is -0.688. The molecule has 2 rings (SSSR count). The molecule has 0 saturated carbocycles. The first-order chi connectivity index (χ1) is 7.09. The molecule has 1 aliphatic heterocycles. The number of nitrogens with zero attached hydrogens (tertiary/aromatic N) is 1. The zero-order valence-corrected chi connectivity index (χ0v) is 7.93. The molecule has 1 aliphatic rings. The van der Waals surface area contributed by atoms with Crippen molar-refractivity contribution in [3.8, 4) is 5.75 Å². The number of anilines is 1. The van der Waals surface area contributed by atoms with Crippen molar-refractivity contribution in [3.05, 3.63) is 36.4 Å². The Balaban J connectivity index is 2.43. The van der Waals surface area contributed by atoms with Crippen LogP contribution in [0.3, 0.4) is 0 Å². The van der Waals surface area contributed by atoms with Crippen LogP contribution in [0.5, 0.6) is 5.75 Å². The van der Waals surface area contributed by atoms with E-state index in [9.17, 15) is 14.7 Å². The lowest BCUT2D eigenvalue weighted by atomic mass is 10.2. The molecule has 4 heteroatoms. The fourth-order valence-corrected chi connectivity index (χ4v) is 1.50. The zero-order valence-electron chi connectivity index (χ0n) is 7.93. The van der Waals surface area contributed by atoms with Crippen LogP contribution in [-0.2, 0) is 9.59 Å². The maximum absolute atomic E-state index is 11.6. The van der Waals surface area contributed by atoms with Gasteiger partial charge in [-0.1, -0.05) is 12.6 Å². The SMILES string of the molecule is C=C1CC(=O)N(c2cccc(O)c2)C1=O. The van der Waals surface area contributed by atoms with Crippen molar-refractivity contribution in [3.63, 3.8) is 0 Å². The lowest BCUT2D eigenvalue weighted by Crippen LogP contribution is -2.28. The molecule has 1 heterocycles. The van der Waals surface area contributed by atoms with E-state index in [4.69, 9.17) is 0 Å². The van der Waals surface area contributed by atoms with Gasteiger partial charge in [-0.2, -0.15) is 0 Å². The van der Waals surface area contributed by atoms with E-state index >= 15 is 0 Å². The molecule has 0 aliphatic carbocycles. The van der Waals surface area contributed by atoms with Gasteiger partial charge in [-0.3, -0.25) is 9.59 Å². The van der Waals surface area contributed by atoms with Crippen LogP contribution in [0.1, 0.15) is 6.42 Å². The lowest BCUT2D eigenvalue weighted by molar-refractivity contribution is -0.120. The van der Waals surface area contributed by atoms with Crippen molar-refractivity contribution >= 4 is 17.5 Å². The van der Waals surface area contributed by atoms with Crippen molar-refractivity contribution in [2.45, 2.75) is 6.42 Å². The highest BCUT2D eigenvalue weighted by atomic mass is 16.3. The summed E-state index contributed by atoms with van der Waals surface area (Å²) in [4.78, 5) is 24.1. The van der Waals surface area contributed by atoms with Gasteiger partial charge in [-0.05, 0) is 12.1 Å². The largest absolute Gasteiger partial charge is 0.508 e. The molecule has 0 atom stereocenters. The molecule has 1 aromatic carbocycles. The van der Waals surface area contributed by atoms with Crippen LogP contribution in [0, 0.1) is 0 Å². The van der Waals surface area contributed by atoms with Crippen LogP contribution in [0.4, 0.5) is 5.69 Å². The van der Waals surface area contributed by atoms with Crippen LogP contribution >= 0.6 is 0 Å². The normalized spacial score (nSPS) is 16.3. The standard InChI is InChI=1S/C11H9NO3/c1-7-5-10(14)12(11(7)15)8-3-2-4-9(13)6-8/h2-4,6,13H,1,5H2. The average Bonchev–Trinajstić information content (AvgIpc) is 2.41. The van der Waals surface area contributed by atoms with E-state index in [-0.39, 0.29) is 23.7 Å². The van der Waals surface area contributed by atoms with E-state index in [1.165, 1.54) is 12.1 Å². The van der Waals surface area contributed by atoms with Crippen molar-refractivity contribution < 1.29 is 14.7 Å². The number of aromatic hydroxyl groups is 1. The maximum Gasteiger partial charge on any atom is 0.260 e. The smallest absolute Gasteiger partial charge is 0.260 e. The van der Waals surface area contributed by atoms with Crippen LogP contribution < -0.4 is 4.90 Å². The molecule has 2 amide bonds. The molecule has 1 saturated heterocycles. The average molecular weight is 203 g/mol. The second-order valence-electron chi connectivity index (χ2n) is 3.33. The number of imide groups is 1. The van der Waals surface area contributed by atoms with E-state index in [2.05, 4.69) is 6.58 Å². The third-order valence-electron chi connectivity index (χ3n) is 2.21. The molecule has 0 aromatic heterocycles. The van der Waals surface area contributed by atoms with E-state index in [1.54, 1.807) is 12.1 Å². The third-order valence-corrected chi connectivity index (χ3v) is 2.21. The summed E-state index contributed by atoms with van der Waals surface area (Å²) < 4.78 is 0. The second-order valence-corrected chi connectivity index (χ2v) is 3.33. The lowest BCUT2D eigenvalue weighted by Gasteiger charge is -2.13. The molecule has 15 heavy (non-hydrogen) atoms. The molecule has 4 nitrogen and oxygen atoms in total. The Bertz CT molecular complexity index is 465. The Morgan fingerprint density at radius 3 is 2.60 bits per heavy atom. The minimum absolute atomic E-state index is 0.0191. The number of hydrogen-bond donors (Lipinski definition) is 1. The molecular weight excluding hydrogens is 194 g/mol. The van der Waals surface area contributed by atoms with Crippen LogP contribution in [0.15, 0.2) is 36.4 Å². The van der Waals surface area contributed by atoms with Gasteiger partial charge < -0.3 is 5.11 Å². The fourth-order valence-electron chi connectivity index (χ4n) is 1.50. The van der Waals surface area contributed by atoms with Gasteiger partial charge in [0.05, 0.1) is 12.1 Å². The van der Waals surface area contributed by atoms with E-state index in [1.807, 2.05) is 0 Å². The number of phenolic OH excluding ortho intramolecular Hbond substituents is 1. The summed E-state index contributed by atoms with van der Waals surface area (Å²) in [6, 6.07) is 6.01. The summed E-state index contributed by atoms with van der Waals surface area (Å²) in [5.41, 5.74) is 0.659. The van der Waals surface area contributed by atoms with Crippen molar-refractivity contribution in [1.82, 2.24) is 0 Å². The molecule has 1 aromatic rings. The highest BCUT2D eigenvalue weighted by Gasteiger charge is 2.33. The predicted octanol–water partition coefficient (Wildman–Crippen LogP) is 1.21. The minimum atomic E-state index is -0.398. The van der Waals surface area contributed by atoms with Crippen molar-refractivity contribution in [2.24, 2.45) is 0 Å². The Labute approximate surface area is 86.4 Å². The summed E-state index contributed by atoms with van der Waals surface area (Å²) in [6.45, 7) is 3.51. The third kappa shape index (κ3) is 1.50. The monoisotopic (exact) mass is 203 g/mol. The minimum Gasteiger partial charge on any atom is -0.508 e. The van der Waals surface area contributed by atoms with Crippen LogP contribution in [0.2, 0.25) is 0 Å². The van der Waals surface area contributed by atoms with E-state index in [0.29, 0.717) is 5.69 Å². The predicted molar refractivity (Wildman–Crippen MR) is 54.4 cm³/mol. The van der Waals surface area contributed by atoms with Gasteiger partial charge in [0.15, 0.2) is 0 Å². The number of amides is 2. The number of carbonyl (C=O) groups is 2. The maximum atomic E-state index is 11.6. The molecule has 1 fully saturated rings. The molecule has 1 N–H and O–H groups in total. The van der Waals surface area contributed by atoms with Crippen molar-refractivity contribution in [2.75, 3.05) is 4.90 Å². The summed E-state index contributed by atoms with van der Waals surface area (Å²) in [5, 5.41) is 9.24. The van der Waals surface area contributed by atoms with Gasteiger partial charge in [0.2, 0.25) is 5.91 Å². The molecule has 0 unspecified atom stereocenters. The van der Waals surface area contributed by atoms with Gasteiger partial charge in [0, 0.05) is 11.6 Å². The second kappa shape index (κ2) is 3.24. The quantitative estimate of drug-likeness (QED) is 0.551. The van der Waals surface area contributed by atoms with Gasteiger partial charge in [0.1, 0.15) is 5.75 Å². The van der Waals surface area contributed by atoms with Gasteiger partial charge >= 0.3 is 0 Å². The fraction of sp³-hybridized carbons (Fsp3) is 0.0909. The molecule has 0 bridgehead atoms. The number of carbonyl (C=O) groups excluding carboxylic acids is 2. The molecule has 76 valence electrons. The molecule has 0 spiro atoms. The van der Waals surface area contributed by atoms with Gasteiger partial charge in [0.25, 0.3) is 5.91 Å². The highest BCUT2D eigenvalue weighted by Crippen LogP contribution is 2.27. The Kier molecular flexibility index (Phi) is 2.04. The Hall–Kier alpha value is -2.10. The topological polar surface area (TPSA) is 57.6 Å². The number of hydrogen-bond acceptors (Lipinski definition) is 3. The van der Waals surface area contributed by atoms with Crippen molar-refractivity contribution in [1.29, 1.82) is 0 Å². The van der Waals surface area contributed by atoms with Gasteiger partial charge in [-0.15, -0.1) is 0 Å². The first-order valence-electron chi connectivity index (χ1n) is 4.43. The molecular formula is C11H9NO3. The van der Waals surface area contributed by atoms with Gasteiger partial charge in [-0.25, -0.2) is 4.90 Å². The molecule has 0 radical (unpaired) electrons. The first-order valence-corrected chi connectivity index (χ1v) is 4.43. The summed E-state index contributed by atoms with van der Waals surface area (Å²) in [6.07, 6.45) is 0.0501. The summed E-state index contributed by atoms with van der Waals surface area (Å²) >= 11 is 0. The Morgan fingerprint density at radius 1 is 1.33 bits per heavy atom. The first kappa shape index (κ1) is 9.45. The van der Waals surface area contributed by atoms with E-state index < -0.39 is 5.91 Å². The Morgan fingerprint density at radius 2 is 2.07 bits per heavy atom. The van der Waals surface area contributed by atoms with E-state index in [0.717, 1.165) is 4.90 Å². The number of benzene rings is 1. The summed E-state index contributed by atoms with van der Waals surface area (Å²) in [7, 11) is 0. The zero-order chi connectivity index (χ0) is 11.0. The number of rotatable bonds is 1. The van der Waals surface area contributed by atoms with Crippen LogP contribution in [-0.4, -0.2) is 16.9 Å². The number of phenols is 1. The van der Waals surface area contributed by atoms with Crippen LogP contribution in [0.25, 0.3) is 0 Å². The highest BCUT2D eigenvalue weighted by molar-refractivity contribution is 6.27.